The van der Waals surface area contributed by atoms with Gasteiger partial charge in [-0.25, -0.2) is 0 Å². The van der Waals surface area contributed by atoms with Gasteiger partial charge < -0.3 is 15.3 Å². The van der Waals surface area contributed by atoms with Crippen molar-refractivity contribution in [2.45, 2.75) is 38.0 Å². The van der Waals surface area contributed by atoms with E-state index in [1.165, 1.54) is 18.2 Å². The van der Waals surface area contributed by atoms with Crippen LogP contribution >= 0.6 is 0 Å². The number of benzene rings is 1. The molecular weight excluding hydrogens is 357 g/mol. The molecule has 0 saturated carbocycles. The Morgan fingerprint density at radius 2 is 2.00 bits per heavy atom. The Morgan fingerprint density at radius 3 is 2.70 bits per heavy atom. The summed E-state index contributed by atoms with van der Waals surface area (Å²) in [7, 11) is 0. The molecule has 0 amide bonds. The minimum atomic E-state index is -4.58. The largest absolute Gasteiger partial charge is 0.507 e. The number of phenolic OH excluding ortho intramolecular Hbond substituents is 1. The van der Waals surface area contributed by atoms with E-state index < -0.39 is 17.5 Å². The van der Waals surface area contributed by atoms with Crippen LogP contribution in [0.1, 0.15) is 25.3 Å². The summed E-state index contributed by atoms with van der Waals surface area (Å²) in [5, 5.41) is 21.7. The summed E-state index contributed by atoms with van der Waals surface area (Å²) in [5.74, 6) is 0.763. The lowest BCUT2D eigenvalue weighted by atomic mass is 9.92. The molecule has 2 aromatic rings. The standard InChI is InChI=1S/C19H21F3N4O/c1-11-9-15-13(23-10-11)7-8-26(15)17-6-5-14(24-25-17)18-12(19(20,21)22)3-2-4-16(18)27/h2-6,11,13,15,23,27H,7-10H2,1H3/t11?,13-,15+/m0/s1. The van der Waals surface area contributed by atoms with Gasteiger partial charge in [0, 0.05) is 18.6 Å². The monoisotopic (exact) mass is 378 g/mol. The van der Waals surface area contributed by atoms with Gasteiger partial charge >= 0.3 is 6.18 Å². The molecule has 3 atom stereocenters. The number of alkyl halides is 3. The van der Waals surface area contributed by atoms with E-state index in [0.29, 0.717) is 23.8 Å². The van der Waals surface area contributed by atoms with Crippen molar-refractivity contribution in [1.29, 1.82) is 0 Å². The molecule has 3 heterocycles. The van der Waals surface area contributed by atoms with E-state index in [2.05, 4.69) is 27.3 Å². The van der Waals surface area contributed by atoms with Crippen LogP contribution in [0.15, 0.2) is 30.3 Å². The van der Waals surface area contributed by atoms with E-state index in [0.717, 1.165) is 32.0 Å². The number of hydrogen-bond acceptors (Lipinski definition) is 5. The SMILES string of the molecule is CC1CN[C@H]2CCN(c3ccc(-c4c(O)cccc4C(F)(F)F)nn3)[C@@H]2C1. The summed E-state index contributed by atoms with van der Waals surface area (Å²) in [6.07, 6.45) is -2.52. The van der Waals surface area contributed by atoms with E-state index in [9.17, 15) is 18.3 Å². The second-order valence-electron chi connectivity index (χ2n) is 7.38. The second-order valence-corrected chi connectivity index (χ2v) is 7.38. The molecule has 144 valence electrons. The van der Waals surface area contributed by atoms with Gasteiger partial charge in [-0.2, -0.15) is 13.2 Å². The third kappa shape index (κ3) is 3.34. The van der Waals surface area contributed by atoms with Gasteiger partial charge in [-0.15, -0.1) is 10.2 Å². The molecule has 2 fully saturated rings. The smallest absolute Gasteiger partial charge is 0.417 e. The van der Waals surface area contributed by atoms with Crippen LogP contribution in [0.3, 0.4) is 0 Å². The van der Waals surface area contributed by atoms with Crippen molar-refractivity contribution >= 4 is 5.82 Å². The first-order chi connectivity index (χ1) is 12.8. The number of halogens is 3. The van der Waals surface area contributed by atoms with Crippen molar-refractivity contribution in [1.82, 2.24) is 15.5 Å². The number of phenols is 1. The van der Waals surface area contributed by atoms with Gasteiger partial charge in [0.1, 0.15) is 5.75 Å². The quantitative estimate of drug-likeness (QED) is 0.838. The molecule has 27 heavy (non-hydrogen) atoms. The van der Waals surface area contributed by atoms with Gasteiger partial charge in [-0.1, -0.05) is 13.0 Å². The average Bonchev–Trinajstić information content (AvgIpc) is 3.04. The Kier molecular flexibility index (Phi) is 4.46. The van der Waals surface area contributed by atoms with Crippen molar-refractivity contribution in [3.05, 3.63) is 35.9 Å². The predicted molar refractivity (Wildman–Crippen MR) is 95.5 cm³/mol. The lowest BCUT2D eigenvalue weighted by molar-refractivity contribution is -0.137. The van der Waals surface area contributed by atoms with Gasteiger partial charge in [0.25, 0.3) is 0 Å². The topological polar surface area (TPSA) is 61.3 Å². The van der Waals surface area contributed by atoms with Gasteiger partial charge in [0.05, 0.1) is 16.8 Å². The number of rotatable bonds is 2. The zero-order valence-corrected chi connectivity index (χ0v) is 14.9. The number of anilines is 1. The summed E-state index contributed by atoms with van der Waals surface area (Å²) in [6, 6.07) is 7.26. The summed E-state index contributed by atoms with van der Waals surface area (Å²) < 4.78 is 39.9. The minimum Gasteiger partial charge on any atom is -0.507 e. The molecule has 0 bridgehead atoms. The number of nitrogens with one attached hydrogen (secondary N) is 1. The van der Waals surface area contributed by atoms with Crippen LogP contribution in [0, 0.1) is 5.92 Å². The van der Waals surface area contributed by atoms with E-state index in [-0.39, 0.29) is 11.3 Å². The van der Waals surface area contributed by atoms with Gasteiger partial charge in [0.2, 0.25) is 0 Å². The van der Waals surface area contributed by atoms with Crippen molar-refractivity contribution in [3.8, 4) is 17.0 Å². The highest BCUT2D eigenvalue weighted by molar-refractivity contribution is 5.71. The average molecular weight is 378 g/mol. The first-order valence-corrected chi connectivity index (χ1v) is 9.08. The van der Waals surface area contributed by atoms with Crippen LogP contribution in [-0.4, -0.2) is 40.5 Å². The molecule has 1 unspecified atom stereocenters. The number of aromatic hydroxyl groups is 1. The third-order valence-corrected chi connectivity index (χ3v) is 5.47. The fourth-order valence-electron chi connectivity index (χ4n) is 4.17. The molecule has 0 spiro atoms. The molecule has 5 nitrogen and oxygen atoms in total. The predicted octanol–water partition coefficient (Wildman–Crippen LogP) is 3.44. The normalized spacial score (nSPS) is 25.5. The van der Waals surface area contributed by atoms with E-state index in [1.54, 1.807) is 6.07 Å². The van der Waals surface area contributed by atoms with Crippen LogP contribution in [-0.2, 0) is 6.18 Å². The summed E-state index contributed by atoms with van der Waals surface area (Å²) in [6.45, 7) is 4.05. The fourth-order valence-corrected chi connectivity index (χ4v) is 4.17. The van der Waals surface area contributed by atoms with Crippen molar-refractivity contribution in [2.75, 3.05) is 18.0 Å². The minimum absolute atomic E-state index is 0.00931. The highest BCUT2D eigenvalue weighted by Gasteiger charge is 2.39. The zero-order valence-electron chi connectivity index (χ0n) is 14.9. The number of nitrogens with zero attached hydrogens (tertiary/aromatic N) is 3. The Bertz CT molecular complexity index is 825. The van der Waals surface area contributed by atoms with Gasteiger partial charge in [-0.05, 0) is 49.6 Å². The molecular formula is C19H21F3N4O. The maximum atomic E-state index is 13.3. The van der Waals surface area contributed by atoms with E-state index in [1.807, 2.05) is 0 Å². The number of aromatic nitrogens is 2. The number of hydrogen-bond donors (Lipinski definition) is 2. The van der Waals surface area contributed by atoms with Crippen LogP contribution in [0.25, 0.3) is 11.3 Å². The highest BCUT2D eigenvalue weighted by atomic mass is 19.4. The fraction of sp³-hybridized carbons (Fsp3) is 0.474. The lowest BCUT2D eigenvalue weighted by Crippen LogP contribution is -2.50. The molecule has 8 heteroatoms. The van der Waals surface area contributed by atoms with Crippen LogP contribution in [0.5, 0.6) is 5.75 Å². The third-order valence-electron chi connectivity index (χ3n) is 5.47. The Balaban J connectivity index is 1.64. The van der Waals surface area contributed by atoms with Crippen molar-refractivity contribution < 1.29 is 18.3 Å². The molecule has 1 aromatic heterocycles. The van der Waals surface area contributed by atoms with Crippen LogP contribution in [0.2, 0.25) is 0 Å². The Labute approximate surface area is 155 Å². The van der Waals surface area contributed by atoms with Crippen LogP contribution < -0.4 is 10.2 Å². The van der Waals surface area contributed by atoms with Gasteiger partial charge in [-0.3, -0.25) is 0 Å². The summed E-state index contributed by atoms with van der Waals surface area (Å²) in [4.78, 5) is 2.18. The molecule has 2 N–H and O–H groups in total. The molecule has 2 aliphatic heterocycles. The molecule has 0 radical (unpaired) electrons. The number of piperidine rings is 1. The molecule has 4 rings (SSSR count). The Hall–Kier alpha value is -2.35. The number of fused-ring (bicyclic) bond motifs is 1. The maximum absolute atomic E-state index is 13.3. The first-order valence-electron chi connectivity index (χ1n) is 9.08. The lowest BCUT2D eigenvalue weighted by Gasteiger charge is -2.36. The summed E-state index contributed by atoms with van der Waals surface area (Å²) >= 11 is 0. The Morgan fingerprint density at radius 1 is 1.19 bits per heavy atom. The van der Waals surface area contributed by atoms with E-state index >= 15 is 0 Å². The molecule has 2 saturated heterocycles. The zero-order chi connectivity index (χ0) is 19.2. The highest BCUT2D eigenvalue weighted by Crippen LogP contribution is 2.41. The van der Waals surface area contributed by atoms with Crippen LogP contribution in [0.4, 0.5) is 19.0 Å². The first kappa shape index (κ1) is 18.0. The van der Waals surface area contributed by atoms with Crippen molar-refractivity contribution in [3.63, 3.8) is 0 Å². The molecule has 0 aliphatic carbocycles. The van der Waals surface area contributed by atoms with Crippen molar-refractivity contribution in [2.24, 2.45) is 5.92 Å². The van der Waals surface area contributed by atoms with E-state index in [4.69, 9.17) is 0 Å². The molecule has 2 aliphatic rings. The molecule has 1 aromatic carbocycles. The maximum Gasteiger partial charge on any atom is 0.417 e. The second kappa shape index (κ2) is 6.67. The summed E-state index contributed by atoms with van der Waals surface area (Å²) in [5.41, 5.74) is -1.25. The van der Waals surface area contributed by atoms with Gasteiger partial charge in [0.15, 0.2) is 5.82 Å².